The number of fused-ring (bicyclic) bond motifs is 1. The van der Waals surface area contributed by atoms with Crippen LogP contribution in [-0.4, -0.2) is 34.4 Å². The minimum Gasteiger partial charge on any atom is -0.396 e. The van der Waals surface area contributed by atoms with Crippen molar-refractivity contribution in [3.8, 4) is 0 Å². The van der Waals surface area contributed by atoms with Crippen molar-refractivity contribution >= 4 is 16.8 Å². The van der Waals surface area contributed by atoms with E-state index in [-0.39, 0.29) is 18.4 Å². The smallest absolute Gasteiger partial charge is 0.251 e. The summed E-state index contributed by atoms with van der Waals surface area (Å²) in [5, 5.41) is 20.3. The third-order valence-corrected chi connectivity index (χ3v) is 4.90. The lowest BCUT2D eigenvalue weighted by molar-refractivity contribution is 0.0933. The first-order valence-corrected chi connectivity index (χ1v) is 8.58. The molecule has 1 unspecified atom stereocenters. The Morgan fingerprint density at radius 3 is 2.96 bits per heavy atom. The zero-order chi connectivity index (χ0) is 16.1. The Bertz CT molecular complexity index is 647. The van der Waals surface area contributed by atoms with E-state index in [0.717, 1.165) is 17.3 Å². The van der Waals surface area contributed by atoms with E-state index < -0.39 is 0 Å². The molecule has 23 heavy (non-hydrogen) atoms. The summed E-state index contributed by atoms with van der Waals surface area (Å²) in [4.78, 5) is 12.3. The van der Waals surface area contributed by atoms with Crippen LogP contribution in [0, 0.1) is 11.8 Å². The Morgan fingerprint density at radius 1 is 1.35 bits per heavy atom. The third kappa shape index (κ3) is 4.10. The molecular weight excluding hydrogens is 290 g/mol. The number of amides is 1. The molecule has 1 aliphatic rings. The maximum atomic E-state index is 12.3. The lowest BCUT2D eigenvalue weighted by Gasteiger charge is -2.25. The molecule has 5 nitrogen and oxygen atoms in total. The highest BCUT2D eigenvalue weighted by Gasteiger charge is 2.19. The third-order valence-electron chi connectivity index (χ3n) is 4.90. The number of hydrogen-bond donors (Lipinski definition) is 3. The summed E-state index contributed by atoms with van der Waals surface area (Å²) in [7, 11) is 0. The van der Waals surface area contributed by atoms with Gasteiger partial charge in [-0.1, -0.05) is 32.1 Å². The van der Waals surface area contributed by atoms with Gasteiger partial charge in [0.1, 0.15) is 0 Å². The van der Waals surface area contributed by atoms with Gasteiger partial charge in [-0.2, -0.15) is 5.10 Å². The summed E-state index contributed by atoms with van der Waals surface area (Å²) in [5.41, 5.74) is 1.56. The first kappa shape index (κ1) is 16.0. The molecule has 1 aromatic carbocycles. The van der Waals surface area contributed by atoms with Gasteiger partial charge >= 0.3 is 0 Å². The van der Waals surface area contributed by atoms with Gasteiger partial charge in [-0.05, 0) is 36.5 Å². The second-order valence-electron chi connectivity index (χ2n) is 6.67. The summed E-state index contributed by atoms with van der Waals surface area (Å²) in [5.74, 6) is 0.773. The summed E-state index contributed by atoms with van der Waals surface area (Å²) in [6, 6.07) is 5.50. The molecule has 2 aromatic rings. The van der Waals surface area contributed by atoms with E-state index in [0.29, 0.717) is 18.0 Å². The highest BCUT2D eigenvalue weighted by Crippen LogP contribution is 2.28. The van der Waals surface area contributed by atoms with Gasteiger partial charge in [-0.15, -0.1) is 0 Å². The number of aromatic amines is 1. The number of nitrogens with one attached hydrogen (secondary N) is 2. The molecule has 1 amide bonds. The van der Waals surface area contributed by atoms with Crippen LogP contribution in [-0.2, 0) is 0 Å². The number of carbonyl (C=O) groups excluding carboxylic acids is 1. The number of carbonyl (C=O) groups is 1. The molecule has 1 saturated carbocycles. The number of aromatic nitrogens is 2. The molecule has 0 bridgehead atoms. The van der Waals surface area contributed by atoms with Gasteiger partial charge in [0, 0.05) is 24.1 Å². The van der Waals surface area contributed by atoms with E-state index in [2.05, 4.69) is 15.5 Å². The number of benzene rings is 1. The Morgan fingerprint density at radius 2 is 2.17 bits per heavy atom. The molecule has 1 aromatic heterocycles. The van der Waals surface area contributed by atoms with Crippen LogP contribution in [0.25, 0.3) is 10.9 Å². The Labute approximate surface area is 136 Å². The summed E-state index contributed by atoms with van der Waals surface area (Å²) < 4.78 is 0. The van der Waals surface area contributed by atoms with Gasteiger partial charge < -0.3 is 10.4 Å². The largest absolute Gasteiger partial charge is 0.396 e. The molecule has 0 saturated heterocycles. The lowest BCUT2D eigenvalue weighted by Crippen LogP contribution is -2.32. The first-order chi connectivity index (χ1) is 11.3. The van der Waals surface area contributed by atoms with Crippen molar-refractivity contribution in [1.82, 2.24) is 15.5 Å². The van der Waals surface area contributed by atoms with Crippen LogP contribution >= 0.6 is 0 Å². The normalized spacial score (nSPS) is 17.3. The average molecular weight is 315 g/mol. The van der Waals surface area contributed by atoms with Gasteiger partial charge in [0.15, 0.2) is 0 Å². The first-order valence-electron chi connectivity index (χ1n) is 8.58. The molecule has 1 fully saturated rings. The maximum Gasteiger partial charge on any atom is 0.251 e. The van der Waals surface area contributed by atoms with Crippen LogP contribution in [0.4, 0.5) is 0 Å². The summed E-state index contributed by atoms with van der Waals surface area (Å²) in [6.07, 6.45) is 9.21. The molecule has 0 aliphatic heterocycles. The Kier molecular flexibility index (Phi) is 5.28. The van der Waals surface area contributed by atoms with Crippen LogP contribution in [0.2, 0.25) is 0 Å². The van der Waals surface area contributed by atoms with Gasteiger partial charge in [0.2, 0.25) is 0 Å². The standard InChI is InChI=1S/C18H25N3O2/c22-12-14(8-13-4-2-1-3-5-13)10-19-18(23)15-6-7-17-16(9-15)11-20-21-17/h6-7,9,11,13-14,22H,1-5,8,10,12H2,(H,19,23)(H,20,21). The molecule has 124 valence electrons. The van der Waals surface area contributed by atoms with Crippen molar-refractivity contribution < 1.29 is 9.90 Å². The number of nitrogens with zero attached hydrogens (tertiary/aromatic N) is 1. The highest BCUT2D eigenvalue weighted by molar-refractivity contribution is 5.97. The van der Waals surface area contributed by atoms with E-state index in [1.807, 2.05) is 12.1 Å². The van der Waals surface area contributed by atoms with Crippen LogP contribution in [0.1, 0.15) is 48.9 Å². The van der Waals surface area contributed by atoms with Gasteiger partial charge in [0.05, 0.1) is 11.7 Å². The van der Waals surface area contributed by atoms with Crippen LogP contribution in [0.15, 0.2) is 24.4 Å². The van der Waals surface area contributed by atoms with Crippen LogP contribution in [0.5, 0.6) is 0 Å². The quantitative estimate of drug-likeness (QED) is 0.767. The highest BCUT2D eigenvalue weighted by atomic mass is 16.3. The zero-order valence-electron chi connectivity index (χ0n) is 13.4. The van der Waals surface area contributed by atoms with Crippen molar-refractivity contribution in [2.45, 2.75) is 38.5 Å². The Hall–Kier alpha value is -1.88. The fourth-order valence-electron chi connectivity index (χ4n) is 3.54. The summed E-state index contributed by atoms with van der Waals surface area (Å²) >= 11 is 0. The molecule has 0 spiro atoms. The van der Waals surface area contributed by atoms with E-state index >= 15 is 0 Å². The van der Waals surface area contributed by atoms with Crippen molar-refractivity contribution in [1.29, 1.82) is 0 Å². The number of rotatable bonds is 6. The monoisotopic (exact) mass is 315 g/mol. The molecule has 5 heteroatoms. The number of aliphatic hydroxyl groups excluding tert-OH is 1. The molecule has 3 rings (SSSR count). The summed E-state index contributed by atoms with van der Waals surface area (Å²) in [6.45, 7) is 0.673. The predicted octanol–water partition coefficient (Wildman–Crippen LogP) is 2.87. The molecular formula is C18H25N3O2. The van der Waals surface area contributed by atoms with E-state index in [1.54, 1.807) is 12.3 Å². The second-order valence-corrected chi connectivity index (χ2v) is 6.67. The van der Waals surface area contributed by atoms with Gasteiger partial charge in [-0.3, -0.25) is 9.89 Å². The number of aliphatic hydroxyl groups is 1. The van der Waals surface area contributed by atoms with Crippen molar-refractivity contribution in [3.63, 3.8) is 0 Å². The molecule has 0 radical (unpaired) electrons. The molecule has 3 N–H and O–H groups in total. The van der Waals surface area contributed by atoms with E-state index in [1.165, 1.54) is 32.1 Å². The molecule has 1 atom stereocenters. The van der Waals surface area contributed by atoms with Gasteiger partial charge in [0.25, 0.3) is 5.91 Å². The van der Waals surface area contributed by atoms with Gasteiger partial charge in [-0.25, -0.2) is 0 Å². The zero-order valence-corrected chi connectivity index (χ0v) is 13.4. The second kappa shape index (κ2) is 7.59. The average Bonchev–Trinajstić information content (AvgIpc) is 3.06. The predicted molar refractivity (Wildman–Crippen MR) is 90.2 cm³/mol. The topological polar surface area (TPSA) is 78.0 Å². The minimum absolute atomic E-state index is 0.0878. The number of hydrogen-bond acceptors (Lipinski definition) is 3. The van der Waals surface area contributed by atoms with E-state index in [4.69, 9.17) is 0 Å². The minimum atomic E-state index is -0.0878. The van der Waals surface area contributed by atoms with Crippen LogP contribution < -0.4 is 5.32 Å². The van der Waals surface area contributed by atoms with E-state index in [9.17, 15) is 9.90 Å². The fourth-order valence-corrected chi connectivity index (χ4v) is 3.54. The Balaban J connectivity index is 1.53. The molecule has 1 aliphatic carbocycles. The maximum absolute atomic E-state index is 12.3. The molecule has 1 heterocycles. The fraction of sp³-hybridized carbons (Fsp3) is 0.556. The lowest BCUT2D eigenvalue weighted by atomic mass is 9.83. The van der Waals surface area contributed by atoms with Crippen molar-refractivity contribution in [2.75, 3.05) is 13.2 Å². The van der Waals surface area contributed by atoms with Crippen molar-refractivity contribution in [3.05, 3.63) is 30.0 Å². The number of H-pyrrole nitrogens is 1. The van der Waals surface area contributed by atoms with Crippen LogP contribution in [0.3, 0.4) is 0 Å². The SMILES string of the molecule is O=C(NCC(CO)CC1CCCCC1)c1ccc2[nH]ncc2c1. The van der Waals surface area contributed by atoms with Crippen molar-refractivity contribution in [2.24, 2.45) is 11.8 Å².